The van der Waals surface area contributed by atoms with Crippen LogP contribution in [0.5, 0.6) is 0 Å². The van der Waals surface area contributed by atoms with E-state index < -0.39 is 18.0 Å². The zero-order valence-electron chi connectivity index (χ0n) is 14.1. The molecule has 0 spiro atoms. The third-order valence-electron chi connectivity index (χ3n) is 3.43. The van der Waals surface area contributed by atoms with Crippen LogP contribution in [-0.4, -0.2) is 38.2 Å². The Bertz CT molecular complexity index is 701. The maximum Gasteiger partial charge on any atom is 0.315 e. The van der Waals surface area contributed by atoms with E-state index in [1.165, 1.54) is 0 Å². The molecule has 1 aromatic carbocycles. The van der Waals surface area contributed by atoms with Crippen LogP contribution >= 0.6 is 0 Å². The number of carbonyl (C=O) groups excluding carboxylic acids is 2. The number of hydroxylamine groups is 1. The third kappa shape index (κ3) is 5.57. The zero-order valence-corrected chi connectivity index (χ0v) is 14.1. The first kappa shape index (κ1) is 18.4. The van der Waals surface area contributed by atoms with E-state index in [0.717, 1.165) is 5.69 Å². The van der Waals surface area contributed by atoms with Gasteiger partial charge in [0.05, 0.1) is 18.4 Å². The number of hydrogen-bond donors (Lipinski definition) is 4. The second-order valence-electron chi connectivity index (χ2n) is 5.98. The van der Waals surface area contributed by atoms with Gasteiger partial charge in [-0.05, 0) is 24.5 Å². The molecule has 9 nitrogen and oxygen atoms in total. The first-order valence-corrected chi connectivity index (χ1v) is 7.94. The summed E-state index contributed by atoms with van der Waals surface area (Å²) in [6, 6.07) is 8.13. The number of urea groups is 1. The van der Waals surface area contributed by atoms with E-state index in [1.54, 1.807) is 16.4 Å². The van der Waals surface area contributed by atoms with Crippen molar-refractivity contribution in [2.45, 2.75) is 32.9 Å². The molecule has 0 aliphatic rings. The molecule has 0 aliphatic carbocycles. The highest BCUT2D eigenvalue weighted by Crippen LogP contribution is 2.06. The fourth-order valence-corrected chi connectivity index (χ4v) is 2.25. The quantitative estimate of drug-likeness (QED) is 0.440. The smallest absolute Gasteiger partial charge is 0.315 e. The van der Waals surface area contributed by atoms with Crippen molar-refractivity contribution in [3.63, 3.8) is 0 Å². The van der Waals surface area contributed by atoms with E-state index in [0.29, 0.717) is 12.1 Å². The largest absolute Gasteiger partial charge is 0.332 e. The summed E-state index contributed by atoms with van der Waals surface area (Å²) in [7, 11) is 0. The van der Waals surface area contributed by atoms with E-state index in [-0.39, 0.29) is 12.5 Å². The van der Waals surface area contributed by atoms with Crippen LogP contribution in [-0.2, 0) is 11.3 Å². The van der Waals surface area contributed by atoms with E-state index >= 15 is 0 Å². The highest BCUT2D eigenvalue weighted by atomic mass is 16.5. The number of amides is 3. The number of para-hydroxylation sites is 1. The van der Waals surface area contributed by atoms with Gasteiger partial charge in [0.2, 0.25) is 0 Å². The van der Waals surface area contributed by atoms with Crippen molar-refractivity contribution in [3.05, 3.63) is 42.2 Å². The number of benzene rings is 1. The summed E-state index contributed by atoms with van der Waals surface area (Å²) in [5, 5.41) is 21.9. The Labute approximate surface area is 145 Å². The van der Waals surface area contributed by atoms with Gasteiger partial charge < -0.3 is 10.6 Å². The normalized spacial score (nSPS) is 11.8. The van der Waals surface area contributed by atoms with Crippen molar-refractivity contribution in [3.8, 4) is 5.69 Å². The molecule has 0 radical (unpaired) electrons. The maximum absolute atomic E-state index is 12.0. The van der Waals surface area contributed by atoms with E-state index in [9.17, 15) is 9.59 Å². The molecule has 0 bridgehead atoms. The lowest BCUT2D eigenvalue weighted by molar-refractivity contribution is -0.131. The van der Waals surface area contributed by atoms with Crippen LogP contribution in [0, 0.1) is 5.92 Å². The number of rotatable bonds is 7. The average Bonchev–Trinajstić information content (AvgIpc) is 3.08. The molecule has 4 N–H and O–H groups in total. The molecule has 1 aromatic heterocycles. The topological polar surface area (TPSA) is 121 Å². The molecule has 2 aromatic rings. The fraction of sp³-hybridized carbons (Fsp3) is 0.375. The second kappa shape index (κ2) is 8.78. The van der Waals surface area contributed by atoms with Crippen molar-refractivity contribution >= 4 is 11.9 Å². The fourth-order valence-electron chi connectivity index (χ4n) is 2.25. The molecular weight excluding hydrogens is 324 g/mol. The first-order chi connectivity index (χ1) is 12.0. The monoisotopic (exact) mass is 346 g/mol. The Balaban J connectivity index is 1.89. The molecule has 0 fully saturated rings. The van der Waals surface area contributed by atoms with Crippen LogP contribution in [0.4, 0.5) is 4.79 Å². The average molecular weight is 346 g/mol. The molecule has 0 saturated heterocycles. The molecule has 134 valence electrons. The lowest BCUT2D eigenvalue weighted by Gasteiger charge is -2.18. The number of hydrogen-bond acceptors (Lipinski definition) is 5. The molecule has 0 aliphatic heterocycles. The van der Waals surface area contributed by atoms with Crippen LogP contribution in [0.3, 0.4) is 0 Å². The van der Waals surface area contributed by atoms with Gasteiger partial charge in [-0.3, -0.25) is 10.0 Å². The van der Waals surface area contributed by atoms with Gasteiger partial charge in [-0.25, -0.2) is 15.0 Å². The summed E-state index contributed by atoms with van der Waals surface area (Å²) >= 11 is 0. The Morgan fingerprint density at radius 3 is 2.60 bits per heavy atom. The lowest BCUT2D eigenvalue weighted by atomic mass is 10.0. The van der Waals surface area contributed by atoms with Crippen LogP contribution in [0.1, 0.15) is 26.0 Å². The lowest BCUT2D eigenvalue weighted by Crippen LogP contribution is -2.49. The van der Waals surface area contributed by atoms with Crippen molar-refractivity contribution in [1.82, 2.24) is 31.1 Å². The highest BCUT2D eigenvalue weighted by Gasteiger charge is 2.21. The Kier molecular flexibility index (Phi) is 6.47. The molecule has 0 saturated carbocycles. The van der Waals surface area contributed by atoms with Gasteiger partial charge in [0, 0.05) is 0 Å². The summed E-state index contributed by atoms with van der Waals surface area (Å²) in [6.45, 7) is 3.99. The molecule has 1 heterocycles. The molecule has 2 rings (SSSR count). The standard InChI is InChI=1S/C16H22N6O3/c1-11(2)8-14(15(23)20-25)18-16(24)17-9-12-10-22(21-19-12)13-6-4-3-5-7-13/h3-7,10-11,14,25H,8-9H2,1-2H3,(H,20,23)(H2,17,18,24)/t14-/m0/s1. The molecule has 25 heavy (non-hydrogen) atoms. The first-order valence-electron chi connectivity index (χ1n) is 7.94. The van der Waals surface area contributed by atoms with Gasteiger partial charge in [0.1, 0.15) is 11.7 Å². The molecular formula is C16H22N6O3. The summed E-state index contributed by atoms with van der Waals surface area (Å²) < 4.78 is 1.61. The second-order valence-corrected chi connectivity index (χ2v) is 5.98. The SMILES string of the molecule is CC(C)C[C@H](NC(=O)NCc1cn(-c2ccccc2)nn1)C(=O)NO. The van der Waals surface area contributed by atoms with Crippen molar-refractivity contribution < 1.29 is 14.8 Å². The minimum absolute atomic E-state index is 0.161. The number of nitrogens with one attached hydrogen (secondary N) is 3. The number of aromatic nitrogens is 3. The van der Waals surface area contributed by atoms with E-state index in [4.69, 9.17) is 5.21 Å². The zero-order chi connectivity index (χ0) is 18.2. The maximum atomic E-state index is 12.0. The van der Waals surface area contributed by atoms with Crippen LogP contribution in [0.25, 0.3) is 5.69 Å². The Morgan fingerprint density at radius 1 is 1.24 bits per heavy atom. The summed E-state index contributed by atoms with van der Waals surface area (Å²) in [4.78, 5) is 23.6. The third-order valence-corrected chi connectivity index (χ3v) is 3.43. The molecule has 1 atom stereocenters. The Hall–Kier alpha value is -2.94. The Morgan fingerprint density at radius 2 is 1.96 bits per heavy atom. The van der Waals surface area contributed by atoms with Crippen LogP contribution < -0.4 is 16.1 Å². The van der Waals surface area contributed by atoms with Crippen LogP contribution in [0.15, 0.2) is 36.5 Å². The molecule has 9 heteroatoms. The van der Waals surface area contributed by atoms with Gasteiger partial charge in [-0.1, -0.05) is 37.3 Å². The molecule has 3 amide bonds. The van der Waals surface area contributed by atoms with Gasteiger partial charge in [0.25, 0.3) is 5.91 Å². The minimum atomic E-state index is -0.815. The van der Waals surface area contributed by atoms with Gasteiger partial charge >= 0.3 is 6.03 Å². The summed E-state index contributed by atoms with van der Waals surface area (Å²) in [5.41, 5.74) is 3.00. The predicted molar refractivity (Wildman–Crippen MR) is 89.9 cm³/mol. The summed E-state index contributed by atoms with van der Waals surface area (Å²) in [5.74, 6) is -0.479. The van der Waals surface area contributed by atoms with E-state index in [2.05, 4.69) is 20.9 Å². The van der Waals surface area contributed by atoms with E-state index in [1.807, 2.05) is 44.2 Å². The molecule has 0 unspecified atom stereocenters. The van der Waals surface area contributed by atoms with Gasteiger partial charge in [0.15, 0.2) is 0 Å². The van der Waals surface area contributed by atoms with Crippen LogP contribution in [0.2, 0.25) is 0 Å². The van der Waals surface area contributed by atoms with Gasteiger partial charge in [-0.2, -0.15) is 0 Å². The highest BCUT2D eigenvalue weighted by molar-refractivity contribution is 5.86. The van der Waals surface area contributed by atoms with Crippen molar-refractivity contribution in [2.24, 2.45) is 5.92 Å². The minimum Gasteiger partial charge on any atom is -0.332 e. The summed E-state index contributed by atoms with van der Waals surface area (Å²) in [6.07, 6.45) is 2.12. The van der Waals surface area contributed by atoms with Gasteiger partial charge in [-0.15, -0.1) is 5.10 Å². The number of carbonyl (C=O) groups is 2. The van der Waals surface area contributed by atoms with Crippen molar-refractivity contribution in [2.75, 3.05) is 0 Å². The van der Waals surface area contributed by atoms with Crippen molar-refractivity contribution in [1.29, 1.82) is 0 Å². The predicted octanol–water partition coefficient (Wildman–Crippen LogP) is 0.987. The number of nitrogens with zero attached hydrogens (tertiary/aromatic N) is 3.